The molecule has 1 aromatic heterocycles. The number of benzene rings is 2. The number of anilines is 1. The Bertz CT molecular complexity index is 1130. The van der Waals surface area contributed by atoms with E-state index in [1.165, 1.54) is 12.1 Å². The lowest BCUT2D eigenvalue weighted by atomic mass is 9.85. The van der Waals surface area contributed by atoms with Gasteiger partial charge in [-0.05, 0) is 61.0 Å². The molecule has 0 saturated carbocycles. The van der Waals surface area contributed by atoms with Crippen molar-refractivity contribution in [1.29, 1.82) is 0 Å². The van der Waals surface area contributed by atoms with Gasteiger partial charge in [-0.1, -0.05) is 12.1 Å². The molecule has 4 unspecified atom stereocenters. The molecule has 2 aromatic carbocycles. The second kappa shape index (κ2) is 8.22. The summed E-state index contributed by atoms with van der Waals surface area (Å²) in [5.74, 6) is -0.493. The van der Waals surface area contributed by atoms with Gasteiger partial charge in [0.15, 0.2) is 0 Å². The van der Waals surface area contributed by atoms with Crippen molar-refractivity contribution in [2.24, 2.45) is 5.92 Å². The quantitative estimate of drug-likeness (QED) is 0.597. The van der Waals surface area contributed by atoms with Crippen LogP contribution < -0.4 is 15.8 Å². The minimum Gasteiger partial charge on any atom is -0.468 e. The molecule has 0 radical (unpaired) electrons. The number of furan rings is 1. The number of nitrogens with one attached hydrogen (secondary N) is 2. The van der Waals surface area contributed by atoms with Crippen molar-refractivity contribution >= 4 is 17.6 Å². The summed E-state index contributed by atoms with van der Waals surface area (Å²) >= 11 is 0. The number of hydrogen-bond acceptors (Lipinski definition) is 6. The number of amides is 1. The normalized spacial score (nSPS) is 24.6. The monoisotopic (exact) mass is 435 g/mol. The van der Waals surface area contributed by atoms with E-state index in [1.54, 1.807) is 54.5 Å². The summed E-state index contributed by atoms with van der Waals surface area (Å²) in [4.78, 5) is 27.2. The molecule has 5 rings (SSSR count). The number of rotatable bonds is 5. The first kappa shape index (κ1) is 20.4. The molecule has 2 fully saturated rings. The van der Waals surface area contributed by atoms with Crippen molar-refractivity contribution in [3.63, 3.8) is 0 Å². The molecule has 7 nitrogen and oxygen atoms in total. The van der Waals surface area contributed by atoms with E-state index < -0.39 is 18.1 Å². The standard InChI is InChI=1S/C24H22FN3O4/c1-2-31-24(30)14-8-10-17(11-9-14)28-22(15-5-3-6-16(25)13-15)19-20(18-7-4-12-32-18)26-27-21(19)23(28)29/h3-13,19-22,26-27H,2H2,1H3. The number of hydrazine groups is 1. The first-order valence-corrected chi connectivity index (χ1v) is 10.5. The zero-order valence-corrected chi connectivity index (χ0v) is 17.3. The number of hydrogen-bond donors (Lipinski definition) is 2. The Morgan fingerprint density at radius 3 is 2.56 bits per heavy atom. The van der Waals surface area contributed by atoms with Crippen LogP contribution in [-0.4, -0.2) is 24.5 Å². The number of nitrogens with zero attached hydrogens (tertiary/aromatic N) is 1. The number of carbonyl (C=O) groups is 2. The van der Waals surface area contributed by atoms with Gasteiger partial charge in [0.25, 0.3) is 0 Å². The van der Waals surface area contributed by atoms with Crippen molar-refractivity contribution in [3.8, 4) is 0 Å². The molecule has 3 aromatic rings. The first-order chi connectivity index (χ1) is 15.6. The van der Waals surface area contributed by atoms with Gasteiger partial charge >= 0.3 is 5.97 Å². The average molecular weight is 435 g/mol. The van der Waals surface area contributed by atoms with Crippen LogP contribution in [0.25, 0.3) is 0 Å². The van der Waals surface area contributed by atoms with E-state index in [0.717, 1.165) is 0 Å². The molecule has 32 heavy (non-hydrogen) atoms. The summed E-state index contributed by atoms with van der Waals surface area (Å²) < 4.78 is 24.8. The Kier molecular flexibility index (Phi) is 5.24. The van der Waals surface area contributed by atoms with E-state index in [4.69, 9.17) is 9.15 Å². The third-order valence-electron chi connectivity index (χ3n) is 6.01. The van der Waals surface area contributed by atoms with Crippen molar-refractivity contribution in [2.45, 2.75) is 25.0 Å². The molecule has 2 aliphatic heterocycles. The fourth-order valence-corrected chi connectivity index (χ4v) is 4.67. The summed E-state index contributed by atoms with van der Waals surface area (Å²) in [5.41, 5.74) is 7.97. The molecule has 0 bridgehead atoms. The van der Waals surface area contributed by atoms with Crippen LogP contribution in [0.5, 0.6) is 0 Å². The highest BCUT2D eigenvalue weighted by Gasteiger charge is 2.56. The average Bonchev–Trinajstić information content (AvgIpc) is 3.52. The molecule has 164 valence electrons. The number of carbonyl (C=O) groups excluding carboxylic acids is 2. The predicted molar refractivity (Wildman–Crippen MR) is 114 cm³/mol. The van der Waals surface area contributed by atoms with Crippen molar-refractivity contribution in [3.05, 3.63) is 89.6 Å². The van der Waals surface area contributed by atoms with Gasteiger partial charge in [-0.2, -0.15) is 0 Å². The predicted octanol–water partition coefficient (Wildman–Crippen LogP) is 3.52. The van der Waals surface area contributed by atoms with Crippen molar-refractivity contribution in [1.82, 2.24) is 10.9 Å². The molecule has 2 N–H and O–H groups in total. The molecule has 8 heteroatoms. The molecule has 2 saturated heterocycles. The molecule has 3 heterocycles. The Morgan fingerprint density at radius 2 is 1.88 bits per heavy atom. The van der Waals surface area contributed by atoms with E-state index in [9.17, 15) is 14.0 Å². The van der Waals surface area contributed by atoms with Crippen LogP contribution in [0.4, 0.5) is 10.1 Å². The topological polar surface area (TPSA) is 83.8 Å². The molecular weight excluding hydrogens is 413 g/mol. The van der Waals surface area contributed by atoms with Gasteiger partial charge in [-0.25, -0.2) is 20.0 Å². The van der Waals surface area contributed by atoms with Gasteiger partial charge in [0.05, 0.1) is 30.5 Å². The van der Waals surface area contributed by atoms with Crippen LogP contribution in [-0.2, 0) is 9.53 Å². The molecule has 0 spiro atoms. The van der Waals surface area contributed by atoms with Crippen LogP contribution in [0.1, 0.15) is 40.7 Å². The summed E-state index contributed by atoms with van der Waals surface area (Å²) in [5, 5.41) is 0. The largest absolute Gasteiger partial charge is 0.468 e. The minimum absolute atomic E-state index is 0.144. The highest BCUT2D eigenvalue weighted by Crippen LogP contribution is 2.49. The van der Waals surface area contributed by atoms with Crippen LogP contribution in [0.3, 0.4) is 0 Å². The maximum absolute atomic E-state index is 14.2. The molecule has 4 atom stereocenters. The van der Waals surface area contributed by atoms with Gasteiger partial charge in [0.1, 0.15) is 17.6 Å². The Morgan fingerprint density at radius 1 is 1.09 bits per heavy atom. The molecule has 2 aliphatic rings. The van der Waals surface area contributed by atoms with Crippen molar-refractivity contribution in [2.75, 3.05) is 11.5 Å². The van der Waals surface area contributed by atoms with E-state index in [1.807, 2.05) is 12.1 Å². The smallest absolute Gasteiger partial charge is 0.338 e. The highest BCUT2D eigenvalue weighted by molar-refractivity contribution is 6.01. The van der Waals surface area contributed by atoms with E-state index >= 15 is 0 Å². The molecule has 1 amide bonds. The fourth-order valence-electron chi connectivity index (χ4n) is 4.67. The lowest BCUT2D eigenvalue weighted by Gasteiger charge is -2.30. The Labute approximate surface area is 184 Å². The van der Waals surface area contributed by atoms with Gasteiger partial charge in [0, 0.05) is 11.6 Å². The summed E-state index contributed by atoms with van der Waals surface area (Å²) in [6, 6.07) is 15.4. The minimum atomic E-state index is -0.525. The van der Waals surface area contributed by atoms with Gasteiger partial charge in [-0.3, -0.25) is 4.79 Å². The summed E-state index contributed by atoms with van der Waals surface area (Å²) in [7, 11) is 0. The van der Waals surface area contributed by atoms with Crippen molar-refractivity contribution < 1.29 is 23.1 Å². The zero-order chi connectivity index (χ0) is 22.2. The first-order valence-electron chi connectivity index (χ1n) is 10.5. The second-order valence-electron chi connectivity index (χ2n) is 7.81. The lowest BCUT2D eigenvalue weighted by Crippen LogP contribution is -2.41. The van der Waals surface area contributed by atoms with Crippen LogP contribution >= 0.6 is 0 Å². The summed E-state index contributed by atoms with van der Waals surface area (Å²) in [6.07, 6.45) is 1.59. The fraction of sp³-hybridized carbons (Fsp3) is 0.250. The number of esters is 1. The van der Waals surface area contributed by atoms with Gasteiger partial charge in [0.2, 0.25) is 5.91 Å². The second-order valence-corrected chi connectivity index (χ2v) is 7.81. The Hall–Kier alpha value is -3.49. The van der Waals surface area contributed by atoms with E-state index in [0.29, 0.717) is 22.6 Å². The zero-order valence-electron chi connectivity index (χ0n) is 17.3. The van der Waals surface area contributed by atoms with Gasteiger partial charge < -0.3 is 14.1 Å². The lowest BCUT2D eigenvalue weighted by molar-refractivity contribution is -0.119. The van der Waals surface area contributed by atoms with Crippen LogP contribution in [0, 0.1) is 11.7 Å². The van der Waals surface area contributed by atoms with Crippen LogP contribution in [0.15, 0.2) is 71.3 Å². The van der Waals surface area contributed by atoms with Crippen LogP contribution in [0.2, 0.25) is 0 Å². The van der Waals surface area contributed by atoms with Gasteiger partial charge in [-0.15, -0.1) is 0 Å². The third-order valence-corrected chi connectivity index (χ3v) is 6.01. The van der Waals surface area contributed by atoms with E-state index in [-0.39, 0.29) is 30.3 Å². The maximum Gasteiger partial charge on any atom is 0.338 e. The number of halogens is 1. The number of ether oxygens (including phenoxy) is 1. The van der Waals surface area contributed by atoms with E-state index in [2.05, 4.69) is 10.9 Å². The third kappa shape index (κ3) is 3.37. The SMILES string of the molecule is CCOC(=O)c1ccc(N2C(=O)C3NNC(c4ccco4)C3C2c2cccc(F)c2)cc1. The highest BCUT2D eigenvalue weighted by atomic mass is 19.1. The maximum atomic E-state index is 14.2. The Balaban J connectivity index is 1.57. The summed E-state index contributed by atoms with van der Waals surface area (Å²) in [6.45, 7) is 2.02. The molecule has 0 aliphatic carbocycles. The number of fused-ring (bicyclic) bond motifs is 1. The molecular formula is C24H22FN3O4.